The molecule has 0 spiro atoms. The van der Waals surface area contributed by atoms with Gasteiger partial charge in [0, 0.05) is 0 Å². The van der Waals surface area contributed by atoms with Gasteiger partial charge in [-0.25, -0.2) is 13.8 Å². The van der Waals surface area contributed by atoms with Crippen LogP contribution in [0.3, 0.4) is 0 Å². The van der Waals surface area contributed by atoms with Crippen molar-refractivity contribution < 1.29 is 26.7 Å². The van der Waals surface area contributed by atoms with Crippen molar-refractivity contribution in [1.29, 1.82) is 5.26 Å². The molecule has 0 amide bonds. The molecule has 0 aliphatic carbocycles. The van der Waals surface area contributed by atoms with Gasteiger partial charge in [-0.3, -0.25) is 0 Å². The molecule has 1 aromatic heterocycles. The molecule has 0 aliphatic rings. The summed E-state index contributed by atoms with van der Waals surface area (Å²) in [6.07, 6.45) is -8.42. The first-order valence-corrected chi connectivity index (χ1v) is 4.85. The minimum absolute atomic E-state index is 0.261. The van der Waals surface area contributed by atoms with Crippen molar-refractivity contribution in [3.05, 3.63) is 22.9 Å². The van der Waals surface area contributed by atoms with Gasteiger partial charge < -0.3 is 4.74 Å². The van der Waals surface area contributed by atoms with Gasteiger partial charge in [0.1, 0.15) is 6.07 Å². The normalized spacial score (nSPS) is 11.4. The van der Waals surface area contributed by atoms with E-state index in [4.69, 9.17) is 16.9 Å². The van der Waals surface area contributed by atoms with E-state index in [2.05, 4.69) is 9.72 Å². The third-order valence-electron chi connectivity index (χ3n) is 1.79. The largest absolute Gasteiger partial charge is 0.574 e. The minimum Gasteiger partial charge on any atom is -0.387 e. The van der Waals surface area contributed by atoms with Crippen LogP contribution in [-0.2, 0) is 5.88 Å². The summed E-state index contributed by atoms with van der Waals surface area (Å²) in [6, 6.07) is 2.09. The Kier molecular flexibility index (Phi) is 4.29. The lowest BCUT2D eigenvalue weighted by Crippen LogP contribution is -2.19. The third-order valence-corrected chi connectivity index (χ3v) is 2.04. The highest BCUT2D eigenvalue weighted by Gasteiger charge is 2.34. The van der Waals surface area contributed by atoms with Crippen LogP contribution in [0.5, 0.6) is 5.88 Å². The maximum Gasteiger partial charge on any atom is 0.574 e. The molecule has 1 rings (SSSR count). The highest BCUT2D eigenvalue weighted by molar-refractivity contribution is 6.17. The van der Waals surface area contributed by atoms with Gasteiger partial charge >= 0.3 is 6.36 Å². The first kappa shape index (κ1) is 14.4. The topological polar surface area (TPSA) is 45.9 Å². The first-order chi connectivity index (χ1) is 8.28. The lowest BCUT2D eigenvalue weighted by atomic mass is 10.1. The van der Waals surface area contributed by atoms with Gasteiger partial charge in [-0.05, 0) is 6.07 Å². The van der Waals surface area contributed by atoms with Crippen LogP contribution >= 0.6 is 11.6 Å². The number of halogens is 6. The van der Waals surface area contributed by atoms with Crippen LogP contribution in [0.25, 0.3) is 0 Å². The standard InChI is InChI=1S/C9H4ClF5N2O/c10-2-6-4(3-16)1-5(7(11)12)8(17-6)18-9(13,14)15/h1,7H,2H2. The van der Waals surface area contributed by atoms with Crippen LogP contribution in [0, 0.1) is 11.3 Å². The lowest BCUT2D eigenvalue weighted by Gasteiger charge is -2.13. The van der Waals surface area contributed by atoms with Crippen molar-refractivity contribution in [2.45, 2.75) is 18.7 Å². The summed E-state index contributed by atoms with van der Waals surface area (Å²) < 4.78 is 64.4. The Labute approximate surface area is 103 Å². The molecule has 0 saturated carbocycles. The Morgan fingerprint density at radius 1 is 1.44 bits per heavy atom. The molecule has 0 fully saturated rings. The number of hydrogen-bond acceptors (Lipinski definition) is 3. The molecule has 9 heteroatoms. The molecule has 0 aromatic carbocycles. The molecule has 18 heavy (non-hydrogen) atoms. The van der Waals surface area contributed by atoms with E-state index in [1.165, 1.54) is 6.07 Å². The molecular formula is C9H4ClF5N2O. The van der Waals surface area contributed by atoms with Crippen molar-refractivity contribution >= 4 is 11.6 Å². The maximum absolute atomic E-state index is 12.5. The van der Waals surface area contributed by atoms with Gasteiger partial charge in [0.2, 0.25) is 5.88 Å². The summed E-state index contributed by atoms with van der Waals surface area (Å²) in [6.45, 7) is 0. The number of aromatic nitrogens is 1. The van der Waals surface area contributed by atoms with Crippen LogP contribution < -0.4 is 4.74 Å². The molecule has 0 bridgehead atoms. The Morgan fingerprint density at radius 2 is 2.06 bits per heavy atom. The van der Waals surface area contributed by atoms with Gasteiger partial charge in [-0.2, -0.15) is 5.26 Å². The number of ether oxygens (including phenoxy) is 1. The molecule has 3 nitrogen and oxygen atoms in total. The van der Waals surface area contributed by atoms with Gasteiger partial charge in [-0.15, -0.1) is 24.8 Å². The SMILES string of the molecule is N#Cc1cc(C(F)F)c(OC(F)(F)F)nc1CCl. The zero-order chi connectivity index (χ0) is 13.9. The van der Waals surface area contributed by atoms with E-state index >= 15 is 0 Å². The van der Waals surface area contributed by atoms with Crippen LogP contribution in [0.15, 0.2) is 6.07 Å². The smallest absolute Gasteiger partial charge is 0.387 e. The molecule has 0 unspecified atom stereocenters. The Morgan fingerprint density at radius 3 is 2.44 bits per heavy atom. The van der Waals surface area contributed by atoms with Crippen LogP contribution in [0.4, 0.5) is 22.0 Å². The number of nitriles is 1. The fourth-order valence-corrected chi connectivity index (χ4v) is 1.30. The average molecular weight is 287 g/mol. The van der Waals surface area contributed by atoms with Gasteiger partial charge in [0.05, 0.1) is 22.7 Å². The quantitative estimate of drug-likeness (QED) is 0.631. The molecule has 0 atom stereocenters. The van der Waals surface area contributed by atoms with Crippen molar-refractivity contribution in [3.63, 3.8) is 0 Å². The highest BCUT2D eigenvalue weighted by atomic mass is 35.5. The minimum atomic E-state index is -5.16. The molecule has 0 radical (unpaired) electrons. The van der Waals surface area contributed by atoms with Crippen LogP contribution in [0.2, 0.25) is 0 Å². The van der Waals surface area contributed by atoms with Crippen molar-refractivity contribution in [2.24, 2.45) is 0 Å². The van der Waals surface area contributed by atoms with Crippen LogP contribution in [-0.4, -0.2) is 11.3 Å². The monoisotopic (exact) mass is 286 g/mol. The number of pyridine rings is 1. The predicted octanol–water partition coefficient (Wildman–Crippen LogP) is 3.53. The van der Waals surface area contributed by atoms with E-state index in [1.54, 1.807) is 0 Å². The zero-order valence-corrected chi connectivity index (χ0v) is 9.19. The van der Waals surface area contributed by atoms with Crippen molar-refractivity contribution in [3.8, 4) is 11.9 Å². The van der Waals surface area contributed by atoms with Gasteiger partial charge in [0.15, 0.2) is 0 Å². The van der Waals surface area contributed by atoms with Crippen LogP contribution in [0.1, 0.15) is 23.2 Å². The fourth-order valence-electron chi connectivity index (χ4n) is 1.09. The molecule has 1 heterocycles. The number of alkyl halides is 6. The molecule has 0 N–H and O–H groups in total. The summed E-state index contributed by atoms with van der Waals surface area (Å²) in [5.74, 6) is -1.70. The summed E-state index contributed by atoms with van der Waals surface area (Å²) in [5.41, 5.74) is -1.70. The van der Waals surface area contributed by atoms with E-state index in [0.29, 0.717) is 6.07 Å². The molecule has 1 aromatic rings. The van der Waals surface area contributed by atoms with E-state index < -0.39 is 30.1 Å². The third kappa shape index (κ3) is 3.43. The Hall–Kier alpha value is -1.62. The number of nitrogens with zero attached hydrogens (tertiary/aromatic N) is 2. The summed E-state index contributed by atoms with van der Waals surface area (Å²) in [5, 5.41) is 8.62. The molecule has 0 aliphatic heterocycles. The summed E-state index contributed by atoms with van der Waals surface area (Å²) in [4.78, 5) is 3.19. The van der Waals surface area contributed by atoms with Crippen molar-refractivity contribution in [1.82, 2.24) is 4.98 Å². The van der Waals surface area contributed by atoms with E-state index in [1.807, 2.05) is 0 Å². The highest BCUT2D eigenvalue weighted by Crippen LogP contribution is 2.33. The second-order valence-electron chi connectivity index (χ2n) is 2.97. The maximum atomic E-state index is 12.5. The Balaban J connectivity index is 3.35. The van der Waals surface area contributed by atoms with E-state index in [0.717, 1.165) is 0 Å². The van der Waals surface area contributed by atoms with E-state index in [-0.39, 0.29) is 11.3 Å². The second kappa shape index (κ2) is 5.35. The summed E-state index contributed by atoms with van der Waals surface area (Å²) in [7, 11) is 0. The molecule has 98 valence electrons. The fraction of sp³-hybridized carbons (Fsp3) is 0.333. The number of rotatable bonds is 3. The first-order valence-electron chi connectivity index (χ1n) is 4.32. The molecule has 0 saturated heterocycles. The molecular weight excluding hydrogens is 283 g/mol. The zero-order valence-electron chi connectivity index (χ0n) is 8.43. The number of hydrogen-bond donors (Lipinski definition) is 0. The van der Waals surface area contributed by atoms with Crippen molar-refractivity contribution in [2.75, 3.05) is 0 Å². The van der Waals surface area contributed by atoms with Gasteiger partial charge in [-0.1, -0.05) is 0 Å². The predicted molar refractivity (Wildman–Crippen MR) is 50.1 cm³/mol. The second-order valence-corrected chi connectivity index (χ2v) is 3.24. The average Bonchev–Trinajstić information content (AvgIpc) is 2.25. The Bertz CT molecular complexity index is 483. The summed E-state index contributed by atoms with van der Waals surface area (Å²) >= 11 is 5.35. The van der Waals surface area contributed by atoms with Gasteiger partial charge in [0.25, 0.3) is 6.43 Å². The lowest BCUT2D eigenvalue weighted by molar-refractivity contribution is -0.276. The van der Waals surface area contributed by atoms with E-state index in [9.17, 15) is 22.0 Å².